The van der Waals surface area contributed by atoms with Crippen LogP contribution in [0.5, 0.6) is 0 Å². The highest BCUT2D eigenvalue weighted by atomic mass is 32.2. The molecule has 0 aromatic heterocycles. The van der Waals surface area contributed by atoms with Crippen LogP contribution in [0, 0.1) is 0 Å². The van der Waals surface area contributed by atoms with Crippen molar-refractivity contribution in [1.29, 1.82) is 0 Å². The first-order valence-electron chi connectivity index (χ1n) is 10.3. The van der Waals surface area contributed by atoms with Gasteiger partial charge in [0.2, 0.25) is 5.91 Å². The molecule has 2 amide bonds. The van der Waals surface area contributed by atoms with Gasteiger partial charge in [-0.1, -0.05) is 36.4 Å². The normalized spacial score (nSPS) is 13.8. The monoisotopic (exact) mass is 449 g/mol. The molecule has 4 rings (SSSR count). The minimum atomic E-state index is -3.74. The summed E-state index contributed by atoms with van der Waals surface area (Å²) in [5.41, 5.74) is 2.41. The van der Waals surface area contributed by atoms with Gasteiger partial charge in [-0.05, 0) is 54.4 Å². The molecule has 7 nitrogen and oxygen atoms in total. The molecule has 0 spiro atoms. The SMILES string of the molecule is O=C(NCc1ccc(N2CCCC2=O)cc1)c1cccc(NS(=O)(=O)c2ccccc2)c1. The summed E-state index contributed by atoms with van der Waals surface area (Å²) in [6.07, 6.45) is 1.45. The average molecular weight is 450 g/mol. The van der Waals surface area contributed by atoms with Crippen molar-refractivity contribution in [3.8, 4) is 0 Å². The first-order valence-corrected chi connectivity index (χ1v) is 11.8. The van der Waals surface area contributed by atoms with Crippen LogP contribution in [-0.2, 0) is 21.4 Å². The Balaban J connectivity index is 1.38. The van der Waals surface area contributed by atoms with Crippen LogP contribution in [0.1, 0.15) is 28.8 Å². The van der Waals surface area contributed by atoms with Gasteiger partial charge in [-0.2, -0.15) is 0 Å². The van der Waals surface area contributed by atoms with Crippen LogP contribution in [0.25, 0.3) is 0 Å². The summed E-state index contributed by atoms with van der Waals surface area (Å²) in [6.45, 7) is 1.05. The molecule has 0 radical (unpaired) electrons. The molecule has 0 aliphatic carbocycles. The maximum absolute atomic E-state index is 12.6. The smallest absolute Gasteiger partial charge is 0.261 e. The molecule has 0 saturated carbocycles. The summed E-state index contributed by atoms with van der Waals surface area (Å²) in [7, 11) is -3.74. The Kier molecular flexibility index (Phi) is 6.23. The molecule has 1 aliphatic rings. The molecule has 0 bridgehead atoms. The van der Waals surface area contributed by atoms with Crippen LogP contribution in [0.15, 0.2) is 83.8 Å². The van der Waals surface area contributed by atoms with Crippen molar-refractivity contribution in [3.05, 3.63) is 90.0 Å². The third kappa shape index (κ3) is 4.97. The van der Waals surface area contributed by atoms with Crippen LogP contribution < -0.4 is 14.9 Å². The van der Waals surface area contributed by atoms with Gasteiger partial charge in [0.15, 0.2) is 0 Å². The minimum Gasteiger partial charge on any atom is -0.348 e. The predicted octanol–water partition coefficient (Wildman–Crippen LogP) is 3.54. The number of rotatable bonds is 7. The Morgan fingerprint density at radius 1 is 0.938 bits per heavy atom. The van der Waals surface area contributed by atoms with Crippen molar-refractivity contribution in [2.75, 3.05) is 16.2 Å². The van der Waals surface area contributed by atoms with Crippen molar-refractivity contribution in [3.63, 3.8) is 0 Å². The third-order valence-electron chi connectivity index (χ3n) is 5.20. The van der Waals surface area contributed by atoms with Crippen molar-refractivity contribution in [2.24, 2.45) is 0 Å². The van der Waals surface area contributed by atoms with Gasteiger partial charge in [0.05, 0.1) is 4.90 Å². The van der Waals surface area contributed by atoms with E-state index in [2.05, 4.69) is 10.0 Å². The Bertz CT molecular complexity index is 1230. The van der Waals surface area contributed by atoms with Crippen LogP contribution in [0.4, 0.5) is 11.4 Å². The number of carbonyl (C=O) groups excluding carboxylic acids is 2. The molecule has 8 heteroatoms. The second-order valence-corrected chi connectivity index (χ2v) is 9.18. The fourth-order valence-corrected chi connectivity index (χ4v) is 4.61. The lowest BCUT2D eigenvalue weighted by Gasteiger charge is -2.16. The molecule has 0 atom stereocenters. The zero-order valence-corrected chi connectivity index (χ0v) is 18.1. The molecule has 0 unspecified atom stereocenters. The maximum Gasteiger partial charge on any atom is 0.261 e. The van der Waals surface area contributed by atoms with E-state index in [1.807, 2.05) is 24.3 Å². The topological polar surface area (TPSA) is 95.6 Å². The lowest BCUT2D eigenvalue weighted by molar-refractivity contribution is -0.117. The van der Waals surface area contributed by atoms with E-state index in [4.69, 9.17) is 0 Å². The number of nitrogens with zero attached hydrogens (tertiary/aromatic N) is 1. The summed E-state index contributed by atoms with van der Waals surface area (Å²) >= 11 is 0. The highest BCUT2D eigenvalue weighted by molar-refractivity contribution is 7.92. The van der Waals surface area contributed by atoms with Gasteiger partial charge >= 0.3 is 0 Å². The Morgan fingerprint density at radius 2 is 1.69 bits per heavy atom. The Morgan fingerprint density at radius 3 is 2.38 bits per heavy atom. The molecule has 32 heavy (non-hydrogen) atoms. The van der Waals surface area contributed by atoms with E-state index in [1.54, 1.807) is 41.3 Å². The van der Waals surface area contributed by atoms with Gasteiger partial charge < -0.3 is 10.2 Å². The number of anilines is 2. The molecule has 1 aliphatic heterocycles. The average Bonchev–Trinajstić information content (AvgIpc) is 3.24. The van der Waals surface area contributed by atoms with Crippen LogP contribution in [0.3, 0.4) is 0 Å². The van der Waals surface area contributed by atoms with E-state index in [0.717, 1.165) is 24.2 Å². The molecular formula is C24H23N3O4S. The Labute approximate surface area is 187 Å². The van der Waals surface area contributed by atoms with Gasteiger partial charge in [0, 0.05) is 36.4 Å². The lowest BCUT2D eigenvalue weighted by Crippen LogP contribution is -2.24. The zero-order chi connectivity index (χ0) is 22.6. The highest BCUT2D eigenvalue weighted by Crippen LogP contribution is 2.22. The van der Waals surface area contributed by atoms with E-state index in [0.29, 0.717) is 24.2 Å². The van der Waals surface area contributed by atoms with Crippen LogP contribution in [0.2, 0.25) is 0 Å². The molecular weight excluding hydrogens is 426 g/mol. The second kappa shape index (κ2) is 9.23. The second-order valence-electron chi connectivity index (χ2n) is 7.50. The summed E-state index contributed by atoms with van der Waals surface area (Å²) in [6, 6.07) is 21.9. The molecule has 1 fully saturated rings. The predicted molar refractivity (Wildman–Crippen MR) is 123 cm³/mol. The first-order chi connectivity index (χ1) is 15.4. The number of amides is 2. The number of carbonyl (C=O) groups is 2. The molecule has 1 heterocycles. The van der Waals surface area contributed by atoms with E-state index in [-0.39, 0.29) is 16.7 Å². The number of benzene rings is 3. The van der Waals surface area contributed by atoms with Gasteiger partial charge in [0.25, 0.3) is 15.9 Å². The summed E-state index contributed by atoms with van der Waals surface area (Å²) < 4.78 is 27.5. The fraction of sp³-hybridized carbons (Fsp3) is 0.167. The van der Waals surface area contributed by atoms with Crippen molar-refractivity contribution in [1.82, 2.24) is 5.32 Å². The molecule has 2 N–H and O–H groups in total. The number of hydrogen-bond acceptors (Lipinski definition) is 4. The fourth-order valence-electron chi connectivity index (χ4n) is 3.54. The van der Waals surface area contributed by atoms with E-state index in [1.165, 1.54) is 18.2 Å². The minimum absolute atomic E-state index is 0.133. The third-order valence-corrected chi connectivity index (χ3v) is 6.60. The standard InChI is InChI=1S/C24H23N3O4S/c28-23-10-5-15-27(23)21-13-11-18(12-14-21)17-25-24(29)19-6-4-7-20(16-19)26-32(30,31)22-8-2-1-3-9-22/h1-4,6-9,11-14,16,26H,5,10,15,17H2,(H,25,29). The van der Waals surface area contributed by atoms with Crippen molar-refractivity contribution < 1.29 is 18.0 Å². The molecule has 1 saturated heterocycles. The summed E-state index contributed by atoms with van der Waals surface area (Å²) in [5, 5.41) is 2.84. The molecule has 3 aromatic carbocycles. The van der Waals surface area contributed by atoms with Gasteiger partial charge in [0.1, 0.15) is 0 Å². The number of hydrogen-bond donors (Lipinski definition) is 2. The zero-order valence-electron chi connectivity index (χ0n) is 17.3. The first kappa shape index (κ1) is 21.6. The summed E-state index contributed by atoms with van der Waals surface area (Å²) in [5.74, 6) is -0.182. The molecule has 3 aromatic rings. The van der Waals surface area contributed by atoms with E-state index in [9.17, 15) is 18.0 Å². The number of sulfonamides is 1. The number of nitrogens with one attached hydrogen (secondary N) is 2. The quantitative estimate of drug-likeness (QED) is 0.577. The Hall–Kier alpha value is -3.65. The molecule has 164 valence electrons. The van der Waals surface area contributed by atoms with Gasteiger partial charge in [-0.25, -0.2) is 8.42 Å². The van der Waals surface area contributed by atoms with Gasteiger partial charge in [-0.15, -0.1) is 0 Å². The van der Waals surface area contributed by atoms with Crippen molar-refractivity contribution in [2.45, 2.75) is 24.3 Å². The van der Waals surface area contributed by atoms with E-state index >= 15 is 0 Å². The van der Waals surface area contributed by atoms with E-state index < -0.39 is 10.0 Å². The van der Waals surface area contributed by atoms with Crippen LogP contribution in [-0.4, -0.2) is 26.8 Å². The van der Waals surface area contributed by atoms with Crippen LogP contribution >= 0.6 is 0 Å². The maximum atomic E-state index is 12.6. The van der Waals surface area contributed by atoms with Gasteiger partial charge in [-0.3, -0.25) is 14.3 Å². The largest absolute Gasteiger partial charge is 0.348 e. The summed E-state index contributed by atoms with van der Waals surface area (Å²) in [4.78, 5) is 26.4. The lowest BCUT2D eigenvalue weighted by atomic mass is 10.1. The highest BCUT2D eigenvalue weighted by Gasteiger charge is 2.21. The van der Waals surface area contributed by atoms with Crippen molar-refractivity contribution >= 4 is 33.2 Å².